The average Bonchev–Trinajstić information content (AvgIpc) is 2.53. The summed E-state index contributed by atoms with van der Waals surface area (Å²) >= 11 is 0. The van der Waals surface area contributed by atoms with Gasteiger partial charge in [-0.05, 0) is 12.8 Å². The van der Waals surface area contributed by atoms with Gasteiger partial charge in [0.15, 0.2) is 0 Å². The minimum absolute atomic E-state index is 0.114. The standard InChI is InChI=1S/C11H18F2N2O3/c12-11(13,8-16)7-14-9(17)6-15-5-3-1-2-4-10(15)18/h16H,1-8H2,(H,14,17). The van der Waals surface area contributed by atoms with E-state index in [0.717, 1.165) is 19.3 Å². The molecule has 0 aromatic heterocycles. The summed E-state index contributed by atoms with van der Waals surface area (Å²) in [6.45, 7) is -1.93. The molecule has 7 heteroatoms. The molecule has 0 aromatic rings. The SMILES string of the molecule is O=C(CN1CCCCCC1=O)NCC(F)(F)CO. The van der Waals surface area contributed by atoms with E-state index in [2.05, 4.69) is 0 Å². The smallest absolute Gasteiger partial charge is 0.287 e. The summed E-state index contributed by atoms with van der Waals surface area (Å²) in [7, 11) is 0. The van der Waals surface area contributed by atoms with Crippen LogP contribution < -0.4 is 5.32 Å². The lowest BCUT2D eigenvalue weighted by Crippen LogP contribution is -2.45. The van der Waals surface area contributed by atoms with Crippen LogP contribution in [0.15, 0.2) is 0 Å². The molecular formula is C11H18F2N2O3. The summed E-state index contributed by atoms with van der Waals surface area (Å²) in [5.74, 6) is -4.06. The third kappa shape index (κ3) is 4.95. The van der Waals surface area contributed by atoms with Gasteiger partial charge in [0.1, 0.15) is 6.61 Å². The number of rotatable bonds is 5. The summed E-state index contributed by atoms with van der Waals surface area (Å²) < 4.78 is 25.4. The van der Waals surface area contributed by atoms with Crippen molar-refractivity contribution in [3.05, 3.63) is 0 Å². The van der Waals surface area contributed by atoms with Crippen LogP contribution in [0.1, 0.15) is 25.7 Å². The molecule has 1 fully saturated rings. The van der Waals surface area contributed by atoms with Crippen LogP contribution >= 0.6 is 0 Å². The lowest BCUT2D eigenvalue weighted by Gasteiger charge is -2.20. The molecule has 0 bridgehead atoms. The number of aliphatic hydroxyl groups excluding tert-OH is 1. The van der Waals surface area contributed by atoms with E-state index >= 15 is 0 Å². The molecule has 1 aliphatic rings. The van der Waals surface area contributed by atoms with Gasteiger partial charge in [0.2, 0.25) is 11.8 Å². The number of carbonyl (C=O) groups is 2. The van der Waals surface area contributed by atoms with Crippen molar-refractivity contribution in [2.24, 2.45) is 0 Å². The lowest BCUT2D eigenvalue weighted by molar-refractivity contribution is -0.136. The summed E-state index contributed by atoms with van der Waals surface area (Å²) in [5, 5.41) is 10.4. The summed E-state index contributed by atoms with van der Waals surface area (Å²) in [6, 6.07) is 0. The van der Waals surface area contributed by atoms with Gasteiger partial charge in [-0.3, -0.25) is 9.59 Å². The maximum Gasteiger partial charge on any atom is 0.287 e. The second-order valence-electron chi connectivity index (χ2n) is 4.42. The highest BCUT2D eigenvalue weighted by molar-refractivity contribution is 5.84. The van der Waals surface area contributed by atoms with Gasteiger partial charge >= 0.3 is 0 Å². The van der Waals surface area contributed by atoms with Gasteiger partial charge in [-0.2, -0.15) is 0 Å². The Morgan fingerprint density at radius 1 is 1.39 bits per heavy atom. The van der Waals surface area contributed by atoms with Crippen molar-refractivity contribution in [1.29, 1.82) is 0 Å². The highest BCUT2D eigenvalue weighted by atomic mass is 19.3. The molecule has 0 unspecified atom stereocenters. The molecule has 1 aliphatic heterocycles. The second kappa shape index (κ2) is 6.63. The monoisotopic (exact) mass is 264 g/mol. The second-order valence-corrected chi connectivity index (χ2v) is 4.42. The minimum Gasteiger partial charge on any atom is -0.390 e. The molecule has 104 valence electrons. The maximum atomic E-state index is 12.7. The highest BCUT2D eigenvalue weighted by Gasteiger charge is 2.28. The first-order valence-electron chi connectivity index (χ1n) is 5.98. The molecule has 5 nitrogen and oxygen atoms in total. The largest absolute Gasteiger partial charge is 0.390 e. The van der Waals surface area contributed by atoms with Crippen LogP contribution in [0.2, 0.25) is 0 Å². The Labute approximate surface area is 104 Å². The first-order chi connectivity index (χ1) is 8.44. The van der Waals surface area contributed by atoms with Gasteiger partial charge in [0, 0.05) is 13.0 Å². The Hall–Kier alpha value is -1.24. The Bertz CT molecular complexity index is 311. The minimum atomic E-state index is -3.32. The molecule has 2 N–H and O–H groups in total. The van der Waals surface area contributed by atoms with E-state index in [0.29, 0.717) is 13.0 Å². The van der Waals surface area contributed by atoms with Crippen LogP contribution in [0.25, 0.3) is 0 Å². The van der Waals surface area contributed by atoms with E-state index in [1.807, 2.05) is 5.32 Å². The van der Waals surface area contributed by atoms with Gasteiger partial charge < -0.3 is 15.3 Å². The predicted octanol–water partition coefficient (Wildman–Crippen LogP) is 0.133. The van der Waals surface area contributed by atoms with E-state index in [1.165, 1.54) is 4.90 Å². The first-order valence-corrected chi connectivity index (χ1v) is 5.98. The Morgan fingerprint density at radius 2 is 2.11 bits per heavy atom. The number of hydrogen-bond donors (Lipinski definition) is 2. The molecule has 18 heavy (non-hydrogen) atoms. The summed E-state index contributed by atoms with van der Waals surface area (Å²) in [5.41, 5.74) is 0. The van der Waals surface area contributed by atoms with Crippen LogP contribution in [0, 0.1) is 0 Å². The van der Waals surface area contributed by atoms with Gasteiger partial charge in [0.25, 0.3) is 5.92 Å². The van der Waals surface area contributed by atoms with Crippen LogP contribution in [-0.4, -0.2) is 54.0 Å². The number of aliphatic hydroxyl groups is 1. The number of nitrogens with one attached hydrogen (secondary N) is 1. The summed E-state index contributed by atoms with van der Waals surface area (Å²) in [4.78, 5) is 24.4. The van der Waals surface area contributed by atoms with Crippen LogP contribution in [0.4, 0.5) is 8.78 Å². The average molecular weight is 264 g/mol. The fourth-order valence-corrected chi connectivity index (χ4v) is 1.72. The molecule has 1 rings (SSSR count). The molecule has 2 amide bonds. The van der Waals surface area contributed by atoms with Crippen molar-refractivity contribution < 1.29 is 23.5 Å². The number of carbonyl (C=O) groups excluding carboxylic acids is 2. The lowest BCUT2D eigenvalue weighted by atomic mass is 10.2. The highest BCUT2D eigenvalue weighted by Crippen LogP contribution is 2.11. The zero-order valence-electron chi connectivity index (χ0n) is 10.1. The van der Waals surface area contributed by atoms with Gasteiger partial charge in [-0.25, -0.2) is 8.78 Å². The quantitative estimate of drug-likeness (QED) is 0.741. The number of halogens is 2. The fraction of sp³-hybridized carbons (Fsp3) is 0.818. The molecule has 1 saturated heterocycles. The molecule has 0 saturated carbocycles. The van der Waals surface area contributed by atoms with E-state index in [4.69, 9.17) is 5.11 Å². The van der Waals surface area contributed by atoms with Crippen molar-refractivity contribution in [3.8, 4) is 0 Å². The normalized spacial score (nSPS) is 17.5. The number of likely N-dealkylation sites (tertiary alicyclic amines) is 1. The number of amides is 2. The fourth-order valence-electron chi connectivity index (χ4n) is 1.72. The predicted molar refractivity (Wildman–Crippen MR) is 60.1 cm³/mol. The van der Waals surface area contributed by atoms with Gasteiger partial charge in [-0.1, -0.05) is 6.42 Å². The number of alkyl halides is 2. The van der Waals surface area contributed by atoms with Crippen molar-refractivity contribution in [2.75, 3.05) is 26.2 Å². The molecule has 0 aliphatic carbocycles. The molecule has 0 aromatic carbocycles. The topological polar surface area (TPSA) is 69.6 Å². The van der Waals surface area contributed by atoms with Gasteiger partial charge in [-0.15, -0.1) is 0 Å². The zero-order chi connectivity index (χ0) is 13.6. The van der Waals surface area contributed by atoms with E-state index in [9.17, 15) is 18.4 Å². The Kier molecular flexibility index (Phi) is 5.46. The van der Waals surface area contributed by atoms with Gasteiger partial charge in [0.05, 0.1) is 13.1 Å². The van der Waals surface area contributed by atoms with Crippen molar-refractivity contribution in [3.63, 3.8) is 0 Å². The van der Waals surface area contributed by atoms with Crippen LogP contribution in [0.5, 0.6) is 0 Å². The van der Waals surface area contributed by atoms with Crippen molar-refractivity contribution in [1.82, 2.24) is 10.2 Å². The van der Waals surface area contributed by atoms with E-state index < -0.39 is 25.0 Å². The number of nitrogens with zero attached hydrogens (tertiary/aromatic N) is 1. The molecule has 0 radical (unpaired) electrons. The van der Waals surface area contributed by atoms with E-state index in [-0.39, 0.29) is 12.5 Å². The van der Waals surface area contributed by atoms with Crippen LogP contribution in [-0.2, 0) is 9.59 Å². The Balaban J connectivity index is 2.37. The molecular weight excluding hydrogens is 246 g/mol. The molecule has 1 heterocycles. The maximum absolute atomic E-state index is 12.7. The van der Waals surface area contributed by atoms with Crippen LogP contribution in [0.3, 0.4) is 0 Å². The first kappa shape index (κ1) is 14.8. The van der Waals surface area contributed by atoms with Crippen molar-refractivity contribution >= 4 is 11.8 Å². The third-order valence-corrected chi connectivity index (χ3v) is 2.78. The zero-order valence-corrected chi connectivity index (χ0v) is 10.1. The third-order valence-electron chi connectivity index (χ3n) is 2.78. The Morgan fingerprint density at radius 3 is 2.78 bits per heavy atom. The number of hydrogen-bond acceptors (Lipinski definition) is 3. The molecule has 0 spiro atoms. The molecule has 0 atom stereocenters. The van der Waals surface area contributed by atoms with E-state index in [1.54, 1.807) is 0 Å². The van der Waals surface area contributed by atoms with Crippen molar-refractivity contribution in [2.45, 2.75) is 31.6 Å². The summed E-state index contributed by atoms with van der Waals surface area (Å²) in [6.07, 6.45) is 2.97.